The van der Waals surface area contributed by atoms with Gasteiger partial charge in [-0.05, 0) is 48.2 Å². The van der Waals surface area contributed by atoms with Crippen molar-refractivity contribution in [3.05, 3.63) is 89.9 Å². The van der Waals surface area contributed by atoms with Crippen LogP contribution in [0.1, 0.15) is 40.9 Å². The predicted octanol–water partition coefficient (Wildman–Crippen LogP) is 4.94. The van der Waals surface area contributed by atoms with Gasteiger partial charge in [-0.2, -0.15) is 0 Å². The number of anilines is 1. The van der Waals surface area contributed by atoms with E-state index in [4.69, 9.17) is 4.42 Å². The van der Waals surface area contributed by atoms with Crippen molar-refractivity contribution in [3.63, 3.8) is 0 Å². The summed E-state index contributed by atoms with van der Waals surface area (Å²) in [5.41, 5.74) is 3.42. The first-order valence-corrected chi connectivity index (χ1v) is 10.6. The number of carbonyl (C=O) groups excluding carboxylic acids is 1. The summed E-state index contributed by atoms with van der Waals surface area (Å²) in [7, 11) is 1.79. The summed E-state index contributed by atoms with van der Waals surface area (Å²) < 4.78 is 5.11. The van der Waals surface area contributed by atoms with Gasteiger partial charge in [-0.25, -0.2) is 0 Å². The lowest BCUT2D eigenvalue weighted by Crippen LogP contribution is -2.48. The topological polar surface area (TPSA) is 78.7 Å². The van der Waals surface area contributed by atoms with E-state index in [1.165, 1.54) is 31.1 Å². The summed E-state index contributed by atoms with van der Waals surface area (Å²) >= 11 is 0. The molecule has 7 heteroatoms. The molecule has 4 rings (SSSR count). The van der Waals surface area contributed by atoms with E-state index in [1.807, 2.05) is 24.3 Å². The Bertz CT molecular complexity index is 1010. The number of furan rings is 1. The maximum Gasteiger partial charge on any atom is 0.291 e. The number of carbonyl (C=O) groups is 1. The average molecular weight is 544 g/mol. The first kappa shape index (κ1) is 23.8. The molecule has 3 aromatic rings. The molecule has 0 unspecified atom stereocenters. The smallest absolute Gasteiger partial charge is 0.291 e. The van der Waals surface area contributed by atoms with Gasteiger partial charge in [0.05, 0.1) is 6.26 Å². The second-order valence-electron chi connectivity index (χ2n) is 7.91. The highest BCUT2D eigenvalue weighted by molar-refractivity contribution is 14.0. The number of hydrogen-bond donors (Lipinski definition) is 3. The Morgan fingerprint density at radius 2 is 1.75 bits per heavy atom. The normalized spacial score (nSPS) is 14.6. The first-order chi connectivity index (χ1) is 15.2. The van der Waals surface area contributed by atoms with Crippen LogP contribution in [0.15, 0.2) is 82.4 Å². The minimum Gasteiger partial charge on any atom is -0.459 e. The fourth-order valence-corrected chi connectivity index (χ4v) is 3.93. The quantitative estimate of drug-likeness (QED) is 0.224. The van der Waals surface area contributed by atoms with Crippen LogP contribution >= 0.6 is 24.0 Å². The molecule has 1 amide bonds. The highest BCUT2D eigenvalue weighted by atomic mass is 127. The fraction of sp³-hybridized carbons (Fsp3) is 0.280. The molecule has 0 aliphatic heterocycles. The van der Waals surface area contributed by atoms with Gasteiger partial charge in [-0.15, -0.1) is 24.0 Å². The number of rotatable bonds is 7. The van der Waals surface area contributed by atoms with E-state index in [1.54, 1.807) is 19.2 Å². The van der Waals surface area contributed by atoms with Gasteiger partial charge in [0.15, 0.2) is 11.7 Å². The molecular weight excluding hydrogens is 515 g/mol. The first-order valence-electron chi connectivity index (χ1n) is 10.6. The summed E-state index contributed by atoms with van der Waals surface area (Å²) in [6.07, 6.45) is 5.15. The highest BCUT2D eigenvalue weighted by Crippen LogP contribution is 2.43. The second-order valence-corrected chi connectivity index (χ2v) is 7.91. The van der Waals surface area contributed by atoms with Crippen LogP contribution in [0.5, 0.6) is 0 Å². The number of halogens is 1. The van der Waals surface area contributed by atoms with Crippen LogP contribution in [-0.4, -0.2) is 25.5 Å². The number of benzene rings is 2. The summed E-state index contributed by atoms with van der Waals surface area (Å²) in [5.74, 6) is 0.821. The van der Waals surface area contributed by atoms with E-state index in [-0.39, 0.29) is 35.3 Å². The number of nitrogens with one attached hydrogen (secondary N) is 3. The van der Waals surface area contributed by atoms with Gasteiger partial charge in [0.2, 0.25) is 0 Å². The Morgan fingerprint density at radius 1 is 1.00 bits per heavy atom. The molecule has 3 N–H and O–H groups in total. The van der Waals surface area contributed by atoms with Gasteiger partial charge in [-0.1, -0.05) is 48.9 Å². The van der Waals surface area contributed by atoms with Crippen LogP contribution in [0.4, 0.5) is 5.69 Å². The molecule has 1 aliphatic carbocycles. The largest absolute Gasteiger partial charge is 0.459 e. The van der Waals surface area contributed by atoms with Crippen molar-refractivity contribution in [1.82, 2.24) is 10.6 Å². The van der Waals surface area contributed by atoms with E-state index in [2.05, 4.69) is 51.3 Å². The van der Waals surface area contributed by atoms with E-state index in [9.17, 15) is 4.79 Å². The molecule has 168 valence electrons. The van der Waals surface area contributed by atoms with Crippen molar-refractivity contribution in [3.8, 4) is 0 Å². The zero-order valence-electron chi connectivity index (χ0n) is 18.1. The lowest BCUT2D eigenvalue weighted by atomic mass is 9.64. The SMILES string of the molecule is CN=C(NCc1ccc(NC(=O)c2ccco2)cc1)NCC1(c2ccccc2)CCC1.I. The lowest BCUT2D eigenvalue weighted by Gasteiger charge is -2.43. The standard InChI is InChI=1S/C25H28N4O2.HI/c1-26-24(28-18-25(14-6-15-25)20-7-3-2-4-8-20)27-17-19-10-12-21(13-11-19)29-23(30)22-9-5-16-31-22;/h2-5,7-13,16H,6,14-15,17-18H2,1H3,(H,29,30)(H2,26,27,28);1H. The van der Waals surface area contributed by atoms with Gasteiger partial charge in [-0.3, -0.25) is 9.79 Å². The molecule has 0 bridgehead atoms. The second kappa shape index (κ2) is 11.2. The molecule has 2 aromatic carbocycles. The van der Waals surface area contributed by atoms with Gasteiger partial charge in [0.1, 0.15) is 0 Å². The van der Waals surface area contributed by atoms with Crippen molar-refractivity contribution in [2.75, 3.05) is 18.9 Å². The maximum atomic E-state index is 12.1. The Kier molecular flexibility index (Phi) is 8.33. The van der Waals surface area contributed by atoms with Gasteiger partial charge in [0, 0.05) is 31.2 Å². The average Bonchev–Trinajstić information content (AvgIpc) is 3.32. The van der Waals surface area contributed by atoms with E-state index >= 15 is 0 Å². The lowest BCUT2D eigenvalue weighted by molar-refractivity contribution is 0.0996. The number of aliphatic imine (C=N–C) groups is 1. The van der Waals surface area contributed by atoms with Crippen molar-refractivity contribution < 1.29 is 9.21 Å². The molecule has 0 radical (unpaired) electrons. The third kappa shape index (κ3) is 5.70. The molecule has 1 fully saturated rings. The molecule has 0 saturated heterocycles. The maximum absolute atomic E-state index is 12.1. The van der Waals surface area contributed by atoms with Gasteiger partial charge >= 0.3 is 0 Å². The molecule has 1 aliphatic rings. The van der Waals surface area contributed by atoms with Crippen LogP contribution in [0.2, 0.25) is 0 Å². The Labute approximate surface area is 205 Å². The third-order valence-electron chi connectivity index (χ3n) is 5.93. The van der Waals surface area contributed by atoms with Crippen molar-refractivity contribution in [1.29, 1.82) is 0 Å². The minimum atomic E-state index is -0.260. The van der Waals surface area contributed by atoms with Gasteiger partial charge in [0.25, 0.3) is 5.91 Å². The molecule has 1 aromatic heterocycles. The zero-order valence-corrected chi connectivity index (χ0v) is 20.5. The van der Waals surface area contributed by atoms with Crippen molar-refractivity contribution in [2.45, 2.75) is 31.2 Å². The van der Waals surface area contributed by atoms with Crippen molar-refractivity contribution in [2.24, 2.45) is 4.99 Å². The van der Waals surface area contributed by atoms with Gasteiger partial charge < -0.3 is 20.4 Å². The molecule has 0 atom stereocenters. The molecule has 0 spiro atoms. The number of amides is 1. The van der Waals surface area contributed by atoms with Crippen LogP contribution in [0, 0.1) is 0 Å². The molecule has 6 nitrogen and oxygen atoms in total. The molecule has 1 saturated carbocycles. The van der Waals surface area contributed by atoms with Crippen LogP contribution in [0.25, 0.3) is 0 Å². The fourth-order valence-electron chi connectivity index (χ4n) is 3.93. The molecule has 32 heavy (non-hydrogen) atoms. The summed E-state index contributed by atoms with van der Waals surface area (Å²) in [4.78, 5) is 16.4. The summed E-state index contributed by atoms with van der Waals surface area (Å²) in [6.45, 7) is 1.51. The van der Waals surface area contributed by atoms with E-state index < -0.39 is 0 Å². The zero-order chi connectivity index (χ0) is 21.5. The minimum absolute atomic E-state index is 0. The molecule has 1 heterocycles. The van der Waals surface area contributed by atoms with E-state index in [0.29, 0.717) is 12.3 Å². The van der Waals surface area contributed by atoms with Crippen LogP contribution in [0.3, 0.4) is 0 Å². The Morgan fingerprint density at radius 3 is 2.34 bits per heavy atom. The monoisotopic (exact) mass is 544 g/mol. The number of hydrogen-bond acceptors (Lipinski definition) is 3. The highest BCUT2D eigenvalue weighted by Gasteiger charge is 2.38. The number of guanidine groups is 1. The molecular formula is C25H29IN4O2. The van der Waals surface area contributed by atoms with Crippen molar-refractivity contribution >= 4 is 41.5 Å². The van der Waals surface area contributed by atoms with Crippen LogP contribution < -0.4 is 16.0 Å². The van der Waals surface area contributed by atoms with E-state index in [0.717, 1.165) is 23.8 Å². The Balaban J connectivity index is 0.00000289. The Hall–Kier alpha value is -2.81. The van der Waals surface area contributed by atoms with Crippen LogP contribution in [-0.2, 0) is 12.0 Å². The third-order valence-corrected chi connectivity index (χ3v) is 5.93. The number of nitrogens with zero attached hydrogens (tertiary/aromatic N) is 1. The summed E-state index contributed by atoms with van der Waals surface area (Å²) in [5, 5.41) is 9.71. The summed E-state index contributed by atoms with van der Waals surface area (Å²) in [6, 6.07) is 21.8. The predicted molar refractivity (Wildman–Crippen MR) is 139 cm³/mol.